The van der Waals surface area contributed by atoms with Crippen molar-refractivity contribution in [3.8, 4) is 5.75 Å². The fourth-order valence-corrected chi connectivity index (χ4v) is 4.05. The highest BCUT2D eigenvalue weighted by molar-refractivity contribution is 9.12. The van der Waals surface area contributed by atoms with Gasteiger partial charge in [-0.3, -0.25) is 4.79 Å². The van der Waals surface area contributed by atoms with E-state index in [0.717, 1.165) is 11.1 Å². The molecule has 2 atom stereocenters. The number of alkyl halides is 2. The Labute approximate surface area is 191 Å². The minimum Gasteiger partial charge on any atom is -0.488 e. The van der Waals surface area contributed by atoms with Gasteiger partial charge in [-0.05, 0) is 35.4 Å². The lowest BCUT2D eigenvalue weighted by Crippen LogP contribution is -2.20. The molecule has 0 spiro atoms. The third-order valence-electron chi connectivity index (χ3n) is 4.16. The van der Waals surface area contributed by atoms with E-state index in [1.165, 1.54) is 0 Å². The fourth-order valence-electron chi connectivity index (χ4n) is 2.67. The highest BCUT2D eigenvalue weighted by Gasteiger charge is 2.28. The normalized spacial score (nSPS) is 13.0. The van der Waals surface area contributed by atoms with E-state index < -0.39 is 4.83 Å². The molecule has 0 unspecified atom stereocenters. The summed E-state index contributed by atoms with van der Waals surface area (Å²) in [6.07, 6.45) is 0. The summed E-state index contributed by atoms with van der Waals surface area (Å²) in [7, 11) is 0. The Balaban J connectivity index is 1.78. The maximum Gasteiger partial charge on any atom is 0.181 e. The molecule has 3 aromatic rings. The summed E-state index contributed by atoms with van der Waals surface area (Å²) in [6.45, 7) is 0.391. The molecule has 0 aliphatic rings. The summed E-state index contributed by atoms with van der Waals surface area (Å²) >= 11 is 19.2. The first-order chi connectivity index (χ1) is 13.5. The second kappa shape index (κ2) is 9.93. The van der Waals surface area contributed by atoms with Gasteiger partial charge in [0.1, 0.15) is 12.4 Å². The van der Waals surface area contributed by atoms with Gasteiger partial charge in [0.15, 0.2) is 5.78 Å². The van der Waals surface area contributed by atoms with E-state index in [4.69, 9.17) is 27.9 Å². The monoisotopic (exact) mass is 540 g/mol. The molecule has 144 valence electrons. The van der Waals surface area contributed by atoms with Crippen molar-refractivity contribution in [1.82, 2.24) is 0 Å². The highest BCUT2D eigenvalue weighted by atomic mass is 79.9. The second-order valence-corrected chi connectivity index (χ2v) is 8.90. The number of benzene rings is 3. The molecule has 0 fully saturated rings. The minimum atomic E-state index is -0.508. The van der Waals surface area contributed by atoms with Crippen LogP contribution < -0.4 is 4.74 Å². The molecule has 0 aliphatic carbocycles. The molecule has 0 radical (unpaired) electrons. The number of ketones is 1. The van der Waals surface area contributed by atoms with Gasteiger partial charge in [-0.2, -0.15) is 0 Å². The van der Waals surface area contributed by atoms with E-state index in [9.17, 15) is 4.79 Å². The molecule has 6 heteroatoms. The van der Waals surface area contributed by atoms with Crippen LogP contribution in [0.3, 0.4) is 0 Å². The molecule has 3 aromatic carbocycles. The summed E-state index contributed by atoms with van der Waals surface area (Å²) in [6, 6.07) is 22.4. The zero-order valence-corrected chi connectivity index (χ0v) is 19.3. The average Bonchev–Trinajstić information content (AvgIpc) is 2.73. The molecule has 0 heterocycles. The number of ether oxygens (including phenoxy) is 1. The van der Waals surface area contributed by atoms with Crippen molar-refractivity contribution in [2.45, 2.75) is 16.3 Å². The number of hydrogen-bond acceptors (Lipinski definition) is 2. The van der Waals surface area contributed by atoms with Crippen molar-refractivity contribution >= 4 is 60.8 Å². The third kappa shape index (κ3) is 5.18. The van der Waals surface area contributed by atoms with Crippen molar-refractivity contribution in [2.75, 3.05) is 0 Å². The Hall–Kier alpha value is -1.33. The lowest BCUT2D eigenvalue weighted by Gasteiger charge is -2.18. The largest absolute Gasteiger partial charge is 0.488 e. The van der Waals surface area contributed by atoms with Crippen LogP contribution in [0.1, 0.15) is 26.3 Å². The van der Waals surface area contributed by atoms with E-state index in [1.54, 1.807) is 24.3 Å². The Kier molecular flexibility index (Phi) is 7.58. The first kappa shape index (κ1) is 21.4. The molecule has 0 bridgehead atoms. The number of Topliss-reactive ketones (excluding diaryl/α,β-unsaturated/α-hetero) is 1. The van der Waals surface area contributed by atoms with Crippen LogP contribution in [-0.2, 0) is 6.61 Å². The van der Waals surface area contributed by atoms with Crippen LogP contribution in [0.2, 0.25) is 10.0 Å². The van der Waals surface area contributed by atoms with Gasteiger partial charge < -0.3 is 4.74 Å². The molecule has 0 saturated heterocycles. The first-order valence-electron chi connectivity index (χ1n) is 8.50. The van der Waals surface area contributed by atoms with Gasteiger partial charge >= 0.3 is 0 Å². The van der Waals surface area contributed by atoms with Gasteiger partial charge in [-0.15, -0.1) is 0 Å². The van der Waals surface area contributed by atoms with Crippen LogP contribution in [0.4, 0.5) is 0 Å². The van der Waals surface area contributed by atoms with Crippen molar-refractivity contribution in [3.05, 3.63) is 99.5 Å². The van der Waals surface area contributed by atoms with Crippen molar-refractivity contribution in [1.29, 1.82) is 0 Å². The summed E-state index contributed by atoms with van der Waals surface area (Å²) in [5.74, 6) is 0.464. The maximum atomic E-state index is 13.1. The topological polar surface area (TPSA) is 26.3 Å². The van der Waals surface area contributed by atoms with Crippen molar-refractivity contribution < 1.29 is 9.53 Å². The fraction of sp³-hybridized carbons (Fsp3) is 0.136. The second-order valence-electron chi connectivity index (χ2n) is 6.11. The molecule has 0 aliphatic heterocycles. The van der Waals surface area contributed by atoms with Crippen LogP contribution in [0.15, 0.2) is 72.8 Å². The lowest BCUT2D eigenvalue weighted by molar-refractivity contribution is 0.0986. The van der Waals surface area contributed by atoms with Gasteiger partial charge in [0.25, 0.3) is 0 Å². The number of halogens is 4. The molecular weight excluding hydrogens is 527 g/mol. The van der Waals surface area contributed by atoms with Gasteiger partial charge in [0.2, 0.25) is 0 Å². The smallest absolute Gasteiger partial charge is 0.181 e. The Morgan fingerprint density at radius 3 is 2.29 bits per heavy atom. The average molecular weight is 543 g/mol. The predicted molar refractivity (Wildman–Crippen MR) is 122 cm³/mol. The lowest BCUT2D eigenvalue weighted by atomic mass is 10.0. The Bertz CT molecular complexity index is 964. The van der Waals surface area contributed by atoms with Crippen molar-refractivity contribution in [3.63, 3.8) is 0 Å². The van der Waals surface area contributed by atoms with Crippen molar-refractivity contribution in [2.24, 2.45) is 0 Å². The standard InChI is InChI=1S/C22H16Br2Cl2O2/c23-20(15-10-11-17(25)18(26)12-15)21(24)22(27)16-8-4-5-9-19(16)28-13-14-6-2-1-3-7-14/h1-12,20-21H,13H2/t20-,21-/m0/s1. The minimum absolute atomic E-state index is 0.0865. The summed E-state index contributed by atoms with van der Waals surface area (Å²) in [5.41, 5.74) is 2.41. The third-order valence-corrected chi connectivity index (χ3v) is 7.61. The molecule has 0 amide bonds. The quantitative estimate of drug-likeness (QED) is 0.226. The van der Waals surface area contributed by atoms with Crippen LogP contribution in [-0.4, -0.2) is 10.6 Å². The number of hydrogen-bond donors (Lipinski definition) is 0. The van der Waals surface area contributed by atoms with Crippen LogP contribution >= 0.6 is 55.1 Å². The van der Waals surface area contributed by atoms with Gasteiger partial charge in [0.05, 0.1) is 25.3 Å². The zero-order valence-electron chi connectivity index (χ0n) is 14.6. The Morgan fingerprint density at radius 2 is 1.57 bits per heavy atom. The van der Waals surface area contributed by atoms with Gasteiger partial charge in [-0.25, -0.2) is 0 Å². The number of carbonyl (C=O) groups is 1. The number of carbonyl (C=O) groups excluding carboxylic acids is 1. The molecule has 2 nitrogen and oxygen atoms in total. The van der Waals surface area contributed by atoms with Crippen LogP contribution in [0, 0.1) is 0 Å². The van der Waals surface area contributed by atoms with Crippen LogP contribution in [0.5, 0.6) is 5.75 Å². The highest BCUT2D eigenvalue weighted by Crippen LogP contribution is 2.37. The molecule has 0 N–H and O–H groups in total. The number of rotatable bonds is 7. The number of para-hydroxylation sites is 1. The molecule has 28 heavy (non-hydrogen) atoms. The molecule has 0 saturated carbocycles. The summed E-state index contributed by atoms with van der Waals surface area (Å²) < 4.78 is 5.92. The SMILES string of the molecule is O=C(c1ccccc1OCc1ccccc1)[C@@H](Br)[C@@H](Br)c1ccc(Cl)c(Cl)c1. The van der Waals surface area contributed by atoms with E-state index in [1.807, 2.05) is 48.5 Å². The van der Waals surface area contributed by atoms with Gasteiger partial charge in [0, 0.05) is 0 Å². The first-order valence-corrected chi connectivity index (χ1v) is 11.1. The zero-order chi connectivity index (χ0) is 20.1. The van der Waals surface area contributed by atoms with Gasteiger partial charge in [-0.1, -0.05) is 104 Å². The maximum absolute atomic E-state index is 13.1. The molecule has 3 rings (SSSR count). The molecular formula is C22H16Br2Cl2O2. The molecule has 0 aromatic heterocycles. The van der Waals surface area contributed by atoms with Crippen LogP contribution in [0.25, 0.3) is 0 Å². The summed E-state index contributed by atoms with van der Waals surface area (Å²) in [4.78, 5) is 12.3. The van der Waals surface area contributed by atoms with E-state index >= 15 is 0 Å². The summed E-state index contributed by atoms with van der Waals surface area (Å²) in [5, 5.41) is 0.921. The van der Waals surface area contributed by atoms with E-state index in [-0.39, 0.29) is 10.6 Å². The van der Waals surface area contributed by atoms with E-state index in [2.05, 4.69) is 31.9 Å². The Morgan fingerprint density at radius 1 is 0.893 bits per heavy atom. The predicted octanol–water partition coefficient (Wildman–Crippen LogP) is 7.65. The van der Waals surface area contributed by atoms with E-state index in [0.29, 0.717) is 28.0 Å².